The molecule has 5 aromatic rings. The summed E-state index contributed by atoms with van der Waals surface area (Å²) in [6, 6.07) is 5.94. The van der Waals surface area contributed by atoms with Crippen molar-refractivity contribution in [3.63, 3.8) is 0 Å². The number of carbonyl (C=O) groups excluding carboxylic acids is 1. The van der Waals surface area contributed by atoms with Gasteiger partial charge in [-0.3, -0.25) is 9.80 Å². The van der Waals surface area contributed by atoms with Gasteiger partial charge in [0.15, 0.2) is 5.82 Å². The van der Waals surface area contributed by atoms with Gasteiger partial charge in [0, 0.05) is 68.6 Å². The summed E-state index contributed by atoms with van der Waals surface area (Å²) in [5, 5.41) is 14.7. The highest BCUT2D eigenvalue weighted by atomic mass is 35.5. The summed E-state index contributed by atoms with van der Waals surface area (Å²) in [6.07, 6.45) is 6.12. The molecule has 3 aromatic heterocycles. The second kappa shape index (κ2) is 13.2. The molecule has 1 amide bonds. The van der Waals surface area contributed by atoms with Crippen LogP contribution in [0.4, 0.5) is 28.8 Å². The van der Waals surface area contributed by atoms with Crippen LogP contribution in [0.25, 0.3) is 32.1 Å². The van der Waals surface area contributed by atoms with Gasteiger partial charge in [-0.05, 0) is 55.8 Å². The van der Waals surface area contributed by atoms with Crippen molar-refractivity contribution in [1.82, 2.24) is 39.4 Å². The van der Waals surface area contributed by atoms with Crippen molar-refractivity contribution in [2.24, 2.45) is 5.92 Å². The van der Waals surface area contributed by atoms with Crippen LogP contribution in [0.1, 0.15) is 37.7 Å². The minimum atomic E-state index is -0.965. The van der Waals surface area contributed by atoms with Gasteiger partial charge < -0.3 is 20.3 Å². The van der Waals surface area contributed by atoms with Gasteiger partial charge in [-0.15, -0.1) is 11.3 Å². The molecule has 2 N–H and O–H groups in total. The van der Waals surface area contributed by atoms with E-state index < -0.39 is 28.9 Å². The molecular formula is C38H37ClF3N11O2S. The summed E-state index contributed by atoms with van der Waals surface area (Å²) in [5.41, 5.74) is 5.34. The third-order valence-corrected chi connectivity index (χ3v) is 13.7. The summed E-state index contributed by atoms with van der Waals surface area (Å²) in [6.45, 7) is 4.79. The van der Waals surface area contributed by atoms with Gasteiger partial charge in [0.25, 0.3) is 0 Å². The Morgan fingerprint density at radius 1 is 1.16 bits per heavy atom. The van der Waals surface area contributed by atoms with Crippen LogP contribution in [0.5, 0.6) is 6.01 Å². The molecule has 10 rings (SSSR count). The van der Waals surface area contributed by atoms with Crippen LogP contribution in [0.15, 0.2) is 30.9 Å². The Kier molecular flexibility index (Phi) is 8.37. The number of carbonyl (C=O) groups is 1. The van der Waals surface area contributed by atoms with Crippen LogP contribution in [-0.4, -0.2) is 122 Å². The number of amides is 1. The van der Waals surface area contributed by atoms with Gasteiger partial charge in [-0.1, -0.05) is 17.7 Å². The van der Waals surface area contributed by atoms with E-state index in [1.54, 1.807) is 11.0 Å². The number of anilines is 2. The van der Waals surface area contributed by atoms with Crippen molar-refractivity contribution in [3.05, 3.63) is 53.1 Å². The fourth-order valence-corrected chi connectivity index (χ4v) is 10.8. The standard InChI is InChI=1S/C38H37ClF3N11O2S/c39-26-10-24-31(30(42)29(26)23-4-5-27(41)32-28(23)25(12-43)33(44)56-32)47-35(55-18-37-6-1-7-51(37)14-22(40)11-37)48-34(24)49-8-9-52(13-21-2-3-21)38(15-49)16-50(17-38)36(54)53-20-45-19-46-53/h4-5,10,19-22H,1-3,6-9,11,13-18,44H2/t22-,37+/m1/s1. The van der Waals surface area contributed by atoms with E-state index in [1.807, 2.05) is 6.07 Å². The van der Waals surface area contributed by atoms with Gasteiger partial charge in [0.05, 0.1) is 26.4 Å². The molecule has 1 saturated carbocycles. The number of hydrogen-bond donors (Lipinski definition) is 1. The summed E-state index contributed by atoms with van der Waals surface area (Å²) < 4.78 is 54.8. The molecule has 5 aliphatic rings. The Morgan fingerprint density at radius 2 is 2.00 bits per heavy atom. The number of ether oxygens (including phenoxy) is 1. The lowest BCUT2D eigenvalue weighted by molar-refractivity contribution is -0.0414. The average Bonchev–Trinajstić information content (AvgIpc) is 3.45. The summed E-state index contributed by atoms with van der Waals surface area (Å²) >= 11 is 7.90. The molecule has 4 saturated heterocycles. The van der Waals surface area contributed by atoms with Gasteiger partial charge in [-0.25, -0.2) is 22.9 Å². The largest absolute Gasteiger partial charge is 0.461 e. The molecule has 13 nitrogen and oxygen atoms in total. The van der Waals surface area contributed by atoms with E-state index in [-0.39, 0.29) is 61.0 Å². The number of nitrogens with two attached hydrogens (primary N) is 1. The molecule has 4 aliphatic heterocycles. The fourth-order valence-electron chi connectivity index (χ4n) is 9.51. The lowest BCUT2D eigenvalue weighted by atomic mass is 9.84. The number of rotatable bonds is 7. The molecule has 0 unspecified atom stereocenters. The van der Waals surface area contributed by atoms with Crippen LogP contribution in [0, 0.1) is 28.9 Å². The summed E-state index contributed by atoms with van der Waals surface area (Å²) in [4.78, 5) is 35.2. The van der Waals surface area contributed by atoms with Crippen molar-refractivity contribution in [1.29, 1.82) is 5.26 Å². The van der Waals surface area contributed by atoms with E-state index in [2.05, 4.69) is 29.8 Å². The molecule has 56 heavy (non-hydrogen) atoms. The first kappa shape index (κ1) is 35.6. The highest BCUT2D eigenvalue weighted by Gasteiger charge is 2.54. The molecule has 290 valence electrons. The van der Waals surface area contributed by atoms with Gasteiger partial charge >= 0.3 is 12.0 Å². The van der Waals surface area contributed by atoms with Crippen LogP contribution >= 0.6 is 22.9 Å². The zero-order valence-electron chi connectivity index (χ0n) is 30.2. The Balaban J connectivity index is 1.07. The Labute approximate surface area is 328 Å². The maximum absolute atomic E-state index is 17.4. The molecular weight excluding hydrogens is 767 g/mol. The number of piperazine rings is 1. The second-order valence-electron chi connectivity index (χ2n) is 15.9. The van der Waals surface area contributed by atoms with E-state index in [0.717, 1.165) is 37.3 Å². The first-order chi connectivity index (χ1) is 27.1. The number of fused-ring (bicyclic) bond motifs is 3. The molecule has 2 atom stereocenters. The fraction of sp³-hybridized carbons (Fsp3) is 0.474. The first-order valence-corrected chi connectivity index (χ1v) is 20.0. The summed E-state index contributed by atoms with van der Waals surface area (Å²) in [7, 11) is 0. The van der Waals surface area contributed by atoms with E-state index in [9.17, 15) is 14.4 Å². The minimum Gasteiger partial charge on any atom is -0.461 e. The van der Waals surface area contributed by atoms with Crippen molar-refractivity contribution >= 4 is 60.8 Å². The topological polar surface area (TPSA) is 146 Å². The third-order valence-electron chi connectivity index (χ3n) is 12.4. The molecule has 2 aromatic carbocycles. The molecule has 0 radical (unpaired) electrons. The van der Waals surface area contributed by atoms with E-state index in [1.165, 1.54) is 42.3 Å². The minimum absolute atomic E-state index is 0.0193. The quantitative estimate of drug-likeness (QED) is 0.216. The zero-order chi connectivity index (χ0) is 38.5. The van der Waals surface area contributed by atoms with E-state index in [0.29, 0.717) is 62.8 Å². The second-order valence-corrected chi connectivity index (χ2v) is 17.4. The van der Waals surface area contributed by atoms with Crippen molar-refractivity contribution < 1.29 is 22.7 Å². The number of likely N-dealkylation sites (tertiary alicyclic amines) is 1. The monoisotopic (exact) mass is 803 g/mol. The molecule has 7 heterocycles. The molecule has 0 bridgehead atoms. The van der Waals surface area contributed by atoms with Gasteiger partial charge in [-0.2, -0.15) is 25.0 Å². The highest BCUT2D eigenvalue weighted by Crippen LogP contribution is 2.47. The Bertz CT molecular complexity index is 2450. The third kappa shape index (κ3) is 5.66. The first-order valence-electron chi connectivity index (χ1n) is 18.8. The van der Waals surface area contributed by atoms with Crippen molar-refractivity contribution in [2.45, 2.75) is 49.4 Å². The Morgan fingerprint density at radius 3 is 2.77 bits per heavy atom. The number of hydrogen-bond acceptors (Lipinski definition) is 12. The van der Waals surface area contributed by atoms with Gasteiger partial charge in [0.1, 0.15) is 53.7 Å². The molecule has 1 aliphatic carbocycles. The lowest BCUT2D eigenvalue weighted by Gasteiger charge is -2.60. The predicted octanol–water partition coefficient (Wildman–Crippen LogP) is 5.70. The maximum Gasteiger partial charge on any atom is 0.346 e. The van der Waals surface area contributed by atoms with Crippen LogP contribution in [0.2, 0.25) is 5.02 Å². The summed E-state index contributed by atoms with van der Waals surface area (Å²) in [5.74, 6) is -0.351. The SMILES string of the molecule is N#Cc1c(N)sc2c(F)ccc(-c3c(Cl)cc4c(N5CCN(CC6CC6)C6(CN(C(=O)n7cncn7)C6)C5)nc(OC[C@@]56CCCN5C[C@H](F)C6)nc4c3F)c12. The average molecular weight is 804 g/mol. The van der Waals surface area contributed by atoms with Crippen LogP contribution in [-0.2, 0) is 0 Å². The number of thiophene rings is 1. The zero-order valence-corrected chi connectivity index (χ0v) is 31.8. The van der Waals surface area contributed by atoms with E-state index in [4.69, 9.17) is 27.1 Å². The van der Waals surface area contributed by atoms with Crippen molar-refractivity contribution in [3.8, 4) is 23.2 Å². The number of nitriles is 1. The number of aromatic nitrogens is 5. The van der Waals surface area contributed by atoms with Crippen LogP contribution < -0.4 is 15.4 Å². The normalized spacial score (nSPS) is 23.6. The Hall–Kier alpha value is -4.76. The maximum atomic E-state index is 17.4. The van der Waals surface area contributed by atoms with Crippen molar-refractivity contribution in [2.75, 3.05) is 69.6 Å². The lowest BCUT2D eigenvalue weighted by Crippen LogP contribution is -2.78. The van der Waals surface area contributed by atoms with E-state index >= 15 is 8.78 Å². The number of alkyl halides is 1. The number of nitrogen functional groups attached to an aromatic ring is 1. The van der Waals surface area contributed by atoms with Crippen LogP contribution in [0.3, 0.4) is 0 Å². The predicted molar refractivity (Wildman–Crippen MR) is 205 cm³/mol. The number of nitrogens with zero attached hydrogens (tertiary/aromatic N) is 10. The highest BCUT2D eigenvalue weighted by molar-refractivity contribution is 7.23. The molecule has 18 heteroatoms. The van der Waals surface area contributed by atoms with Gasteiger partial charge in [0.2, 0.25) is 0 Å². The molecule has 1 spiro atoms. The number of halogens is 4. The molecule has 5 fully saturated rings. The number of benzene rings is 2. The smallest absolute Gasteiger partial charge is 0.346 e.